The lowest BCUT2D eigenvalue weighted by Gasteiger charge is -2.09. The van der Waals surface area contributed by atoms with Gasteiger partial charge in [-0.15, -0.1) is 13.2 Å². The first-order chi connectivity index (χ1) is 8.78. The first-order valence-corrected chi connectivity index (χ1v) is 5.52. The van der Waals surface area contributed by atoms with Crippen molar-refractivity contribution < 1.29 is 27.8 Å². The van der Waals surface area contributed by atoms with Gasteiger partial charge in [-0.05, 0) is 36.6 Å². The first-order valence-electron chi connectivity index (χ1n) is 5.52. The van der Waals surface area contributed by atoms with E-state index in [9.17, 15) is 18.0 Å². The molecule has 1 aromatic rings. The topological polar surface area (TPSA) is 46.5 Å². The average molecular weight is 274 g/mol. The molecule has 0 bridgehead atoms. The third-order valence-corrected chi connectivity index (χ3v) is 2.35. The van der Waals surface area contributed by atoms with Crippen LogP contribution in [0.5, 0.6) is 5.75 Å². The van der Waals surface area contributed by atoms with Gasteiger partial charge in [0.05, 0.1) is 0 Å². The zero-order chi connectivity index (χ0) is 14.5. The molecule has 0 saturated heterocycles. The molecule has 0 radical (unpaired) electrons. The molecule has 0 spiro atoms. The van der Waals surface area contributed by atoms with Crippen molar-refractivity contribution in [1.29, 1.82) is 0 Å². The van der Waals surface area contributed by atoms with Crippen molar-refractivity contribution in [3.05, 3.63) is 35.9 Å². The molecule has 104 valence electrons. The van der Waals surface area contributed by atoms with Crippen molar-refractivity contribution in [2.45, 2.75) is 26.1 Å². The predicted molar refractivity (Wildman–Crippen MR) is 63.6 cm³/mol. The summed E-state index contributed by atoms with van der Waals surface area (Å²) in [6, 6.07) is 5.43. The normalized spacial score (nSPS) is 12.3. The van der Waals surface area contributed by atoms with Gasteiger partial charge in [-0.3, -0.25) is 4.79 Å². The Morgan fingerprint density at radius 1 is 1.32 bits per heavy atom. The second kappa shape index (κ2) is 6.26. The number of aliphatic carboxylic acids is 1. The summed E-state index contributed by atoms with van der Waals surface area (Å²) in [4.78, 5) is 10.3. The van der Waals surface area contributed by atoms with E-state index in [-0.39, 0.29) is 12.2 Å². The minimum absolute atomic E-state index is 0.0204. The van der Waals surface area contributed by atoms with E-state index in [0.717, 1.165) is 11.1 Å². The molecule has 0 fully saturated rings. The van der Waals surface area contributed by atoms with Crippen LogP contribution >= 0.6 is 0 Å². The largest absolute Gasteiger partial charge is 0.573 e. The SMILES string of the molecule is CC(=CCCC(=O)O)c1ccc(OC(F)(F)F)cc1. The highest BCUT2D eigenvalue weighted by Crippen LogP contribution is 2.24. The molecule has 19 heavy (non-hydrogen) atoms. The molecule has 0 atom stereocenters. The fourth-order valence-corrected chi connectivity index (χ4v) is 1.45. The van der Waals surface area contributed by atoms with E-state index in [0.29, 0.717) is 6.42 Å². The standard InChI is InChI=1S/C13H13F3O3/c1-9(3-2-4-12(17)18)10-5-7-11(8-6-10)19-13(14,15)16/h3,5-8H,2,4H2,1H3,(H,17,18). The molecule has 0 heterocycles. The number of benzene rings is 1. The van der Waals surface area contributed by atoms with Crippen LogP contribution < -0.4 is 4.74 Å². The van der Waals surface area contributed by atoms with Gasteiger partial charge in [-0.1, -0.05) is 18.2 Å². The summed E-state index contributed by atoms with van der Waals surface area (Å²) >= 11 is 0. The maximum atomic E-state index is 12.0. The van der Waals surface area contributed by atoms with Crippen LogP contribution in [0.3, 0.4) is 0 Å². The summed E-state index contributed by atoms with van der Waals surface area (Å²) in [7, 11) is 0. The van der Waals surface area contributed by atoms with Crippen molar-refractivity contribution in [3.63, 3.8) is 0 Å². The molecule has 0 aliphatic rings. The second-order valence-electron chi connectivity index (χ2n) is 3.89. The quantitative estimate of drug-likeness (QED) is 0.887. The van der Waals surface area contributed by atoms with Gasteiger partial charge < -0.3 is 9.84 Å². The number of carboxylic acid groups (broad SMARTS) is 1. The van der Waals surface area contributed by atoms with Gasteiger partial charge in [-0.25, -0.2) is 0 Å². The number of carbonyl (C=O) groups is 1. The average Bonchev–Trinajstić information content (AvgIpc) is 2.27. The first kappa shape index (κ1) is 15.1. The van der Waals surface area contributed by atoms with E-state index in [4.69, 9.17) is 5.11 Å². The Bertz CT molecular complexity index is 461. The van der Waals surface area contributed by atoms with Crippen LogP contribution in [-0.4, -0.2) is 17.4 Å². The molecule has 0 saturated carbocycles. The van der Waals surface area contributed by atoms with Crippen molar-refractivity contribution in [1.82, 2.24) is 0 Å². The van der Waals surface area contributed by atoms with Crippen molar-refractivity contribution in [2.24, 2.45) is 0 Å². The van der Waals surface area contributed by atoms with E-state index >= 15 is 0 Å². The Morgan fingerprint density at radius 3 is 2.37 bits per heavy atom. The molecular weight excluding hydrogens is 261 g/mol. The second-order valence-corrected chi connectivity index (χ2v) is 3.89. The smallest absolute Gasteiger partial charge is 0.481 e. The minimum Gasteiger partial charge on any atom is -0.481 e. The van der Waals surface area contributed by atoms with E-state index < -0.39 is 12.3 Å². The highest BCUT2D eigenvalue weighted by molar-refractivity contribution is 5.68. The minimum atomic E-state index is -4.70. The number of alkyl halides is 3. The number of allylic oxidation sites excluding steroid dienone is 2. The number of rotatable bonds is 5. The summed E-state index contributed by atoms with van der Waals surface area (Å²) < 4.78 is 39.6. The fourth-order valence-electron chi connectivity index (χ4n) is 1.45. The highest BCUT2D eigenvalue weighted by Gasteiger charge is 2.30. The summed E-state index contributed by atoms with van der Waals surface area (Å²) in [5.41, 5.74) is 1.53. The summed E-state index contributed by atoms with van der Waals surface area (Å²) in [5, 5.41) is 8.49. The zero-order valence-electron chi connectivity index (χ0n) is 10.2. The molecule has 0 unspecified atom stereocenters. The van der Waals surface area contributed by atoms with E-state index in [1.807, 2.05) is 0 Å². The summed E-state index contributed by atoms with van der Waals surface area (Å²) in [6.07, 6.45) is -2.57. The van der Waals surface area contributed by atoms with E-state index in [1.54, 1.807) is 13.0 Å². The summed E-state index contributed by atoms with van der Waals surface area (Å²) in [6.45, 7) is 1.77. The van der Waals surface area contributed by atoms with Gasteiger partial charge in [0, 0.05) is 6.42 Å². The summed E-state index contributed by atoms with van der Waals surface area (Å²) in [5.74, 6) is -1.17. The lowest BCUT2D eigenvalue weighted by atomic mass is 10.1. The third-order valence-electron chi connectivity index (χ3n) is 2.35. The molecule has 0 amide bonds. The Morgan fingerprint density at radius 2 is 1.89 bits per heavy atom. The molecule has 1 N–H and O–H groups in total. The van der Waals surface area contributed by atoms with Crippen LogP contribution in [-0.2, 0) is 4.79 Å². The molecular formula is C13H13F3O3. The van der Waals surface area contributed by atoms with Gasteiger partial charge in [0.2, 0.25) is 0 Å². The third kappa shape index (κ3) is 5.94. The fraction of sp³-hybridized carbons (Fsp3) is 0.308. The molecule has 0 aliphatic carbocycles. The molecule has 1 rings (SSSR count). The number of carboxylic acids is 1. The Hall–Kier alpha value is -1.98. The zero-order valence-corrected chi connectivity index (χ0v) is 10.2. The van der Waals surface area contributed by atoms with Crippen molar-refractivity contribution in [2.75, 3.05) is 0 Å². The van der Waals surface area contributed by atoms with Gasteiger partial charge >= 0.3 is 12.3 Å². The number of hydrogen-bond acceptors (Lipinski definition) is 2. The van der Waals surface area contributed by atoms with Crippen LogP contribution in [0.1, 0.15) is 25.3 Å². The highest BCUT2D eigenvalue weighted by atomic mass is 19.4. The van der Waals surface area contributed by atoms with Crippen LogP contribution in [0.15, 0.2) is 30.3 Å². The molecule has 3 nitrogen and oxygen atoms in total. The van der Waals surface area contributed by atoms with Gasteiger partial charge in [0.15, 0.2) is 0 Å². The molecule has 1 aromatic carbocycles. The Kier molecular flexibility index (Phi) is 4.97. The van der Waals surface area contributed by atoms with Gasteiger partial charge in [0.1, 0.15) is 5.75 Å². The van der Waals surface area contributed by atoms with E-state index in [2.05, 4.69) is 4.74 Å². The molecule has 6 heteroatoms. The maximum Gasteiger partial charge on any atom is 0.573 e. The number of ether oxygens (including phenoxy) is 1. The Labute approximate surface area is 108 Å². The lowest BCUT2D eigenvalue weighted by molar-refractivity contribution is -0.274. The predicted octanol–water partition coefficient (Wildman–Crippen LogP) is 3.85. The van der Waals surface area contributed by atoms with Crippen LogP contribution in [0.4, 0.5) is 13.2 Å². The van der Waals surface area contributed by atoms with Crippen LogP contribution in [0.2, 0.25) is 0 Å². The maximum absolute atomic E-state index is 12.0. The van der Waals surface area contributed by atoms with Gasteiger partial charge in [0.25, 0.3) is 0 Å². The van der Waals surface area contributed by atoms with Crippen molar-refractivity contribution >= 4 is 11.5 Å². The van der Waals surface area contributed by atoms with E-state index in [1.165, 1.54) is 24.3 Å². The number of hydrogen-bond donors (Lipinski definition) is 1. The van der Waals surface area contributed by atoms with Crippen LogP contribution in [0.25, 0.3) is 5.57 Å². The van der Waals surface area contributed by atoms with Crippen molar-refractivity contribution in [3.8, 4) is 5.75 Å². The lowest BCUT2D eigenvalue weighted by Crippen LogP contribution is -2.16. The molecule has 0 aliphatic heterocycles. The van der Waals surface area contributed by atoms with Gasteiger partial charge in [-0.2, -0.15) is 0 Å². The number of halogens is 3. The monoisotopic (exact) mass is 274 g/mol. The Balaban J connectivity index is 2.67. The molecule has 0 aromatic heterocycles. The van der Waals surface area contributed by atoms with Crippen LogP contribution in [0, 0.1) is 0 Å².